The zero-order chi connectivity index (χ0) is 13.2. The average molecular weight is 242 g/mol. The van der Waals surface area contributed by atoms with Crippen molar-refractivity contribution in [3.05, 3.63) is 35.4 Å². The zero-order valence-electron chi connectivity index (χ0n) is 10.9. The molecular formula is C15H18N2O. The van der Waals surface area contributed by atoms with Crippen LogP contribution >= 0.6 is 0 Å². The van der Waals surface area contributed by atoms with E-state index in [2.05, 4.69) is 19.9 Å². The first-order valence-electron chi connectivity index (χ1n) is 6.31. The Hall–Kier alpha value is -1.82. The fourth-order valence-electron chi connectivity index (χ4n) is 2.47. The van der Waals surface area contributed by atoms with Gasteiger partial charge in [-0.15, -0.1) is 0 Å². The number of nitrogens with zero attached hydrogens (tertiary/aromatic N) is 2. The van der Waals surface area contributed by atoms with Gasteiger partial charge in [0.2, 0.25) is 0 Å². The Labute approximate surface area is 108 Å². The van der Waals surface area contributed by atoms with Crippen LogP contribution in [0.4, 0.5) is 0 Å². The smallest absolute Gasteiger partial charge is 0.253 e. The minimum Gasteiger partial charge on any atom is -0.338 e. The van der Waals surface area contributed by atoms with Gasteiger partial charge in [-0.25, -0.2) is 0 Å². The van der Waals surface area contributed by atoms with Gasteiger partial charge in [0.25, 0.3) is 5.91 Å². The topological polar surface area (TPSA) is 44.1 Å². The van der Waals surface area contributed by atoms with Crippen LogP contribution in [-0.4, -0.2) is 23.9 Å². The van der Waals surface area contributed by atoms with Crippen LogP contribution in [0.5, 0.6) is 0 Å². The Bertz CT molecular complexity index is 482. The van der Waals surface area contributed by atoms with E-state index >= 15 is 0 Å². The van der Waals surface area contributed by atoms with Gasteiger partial charge in [0.1, 0.15) is 0 Å². The predicted molar refractivity (Wildman–Crippen MR) is 70.1 cm³/mol. The molecule has 1 aliphatic heterocycles. The lowest BCUT2D eigenvalue weighted by molar-refractivity contribution is 0.0583. The summed E-state index contributed by atoms with van der Waals surface area (Å²) in [5.41, 5.74) is 1.47. The maximum atomic E-state index is 12.3. The van der Waals surface area contributed by atoms with Crippen molar-refractivity contribution in [3.63, 3.8) is 0 Å². The second-order valence-corrected chi connectivity index (χ2v) is 5.68. The molecule has 0 bridgehead atoms. The summed E-state index contributed by atoms with van der Waals surface area (Å²) in [5.74, 6) is 0.0762. The van der Waals surface area contributed by atoms with Crippen LogP contribution in [0.3, 0.4) is 0 Å². The second kappa shape index (κ2) is 4.81. The highest BCUT2D eigenvalue weighted by Gasteiger charge is 2.29. The predicted octanol–water partition coefficient (Wildman–Crippen LogP) is 2.82. The number of amides is 1. The van der Waals surface area contributed by atoms with Crippen molar-refractivity contribution >= 4 is 5.91 Å². The third kappa shape index (κ3) is 2.70. The number of carbonyl (C=O) groups excluding carboxylic acids is 1. The molecule has 0 aliphatic carbocycles. The maximum Gasteiger partial charge on any atom is 0.253 e. The van der Waals surface area contributed by atoms with Crippen molar-refractivity contribution in [2.45, 2.75) is 26.7 Å². The molecule has 1 fully saturated rings. The normalized spacial score (nSPS) is 18.2. The van der Waals surface area contributed by atoms with Crippen LogP contribution in [0.25, 0.3) is 0 Å². The van der Waals surface area contributed by atoms with Gasteiger partial charge in [-0.2, -0.15) is 5.26 Å². The van der Waals surface area contributed by atoms with E-state index in [0.717, 1.165) is 19.5 Å². The van der Waals surface area contributed by atoms with E-state index in [9.17, 15) is 4.79 Å². The summed E-state index contributed by atoms with van der Waals surface area (Å²) >= 11 is 0. The van der Waals surface area contributed by atoms with Crippen molar-refractivity contribution in [1.82, 2.24) is 4.90 Å². The number of benzene rings is 1. The SMILES string of the molecule is CC1(C)CCCN(C(=O)c2ccc(C#N)cc2)C1. The lowest BCUT2D eigenvalue weighted by Gasteiger charge is -2.38. The van der Waals surface area contributed by atoms with Crippen molar-refractivity contribution < 1.29 is 4.79 Å². The van der Waals surface area contributed by atoms with Crippen molar-refractivity contribution in [2.75, 3.05) is 13.1 Å². The van der Waals surface area contributed by atoms with Crippen molar-refractivity contribution in [2.24, 2.45) is 5.41 Å². The lowest BCUT2D eigenvalue weighted by Crippen LogP contribution is -2.43. The maximum absolute atomic E-state index is 12.3. The van der Waals surface area contributed by atoms with Crippen LogP contribution in [-0.2, 0) is 0 Å². The highest BCUT2D eigenvalue weighted by Crippen LogP contribution is 2.29. The molecule has 1 aliphatic rings. The van der Waals surface area contributed by atoms with Crippen LogP contribution in [0.1, 0.15) is 42.6 Å². The second-order valence-electron chi connectivity index (χ2n) is 5.68. The number of rotatable bonds is 1. The summed E-state index contributed by atoms with van der Waals surface area (Å²) in [6, 6.07) is 8.93. The number of carbonyl (C=O) groups is 1. The molecule has 3 heteroatoms. The first kappa shape index (κ1) is 12.6. The summed E-state index contributed by atoms with van der Waals surface area (Å²) in [4.78, 5) is 14.3. The molecule has 0 spiro atoms. The number of hydrogen-bond donors (Lipinski definition) is 0. The van der Waals surface area contributed by atoms with Crippen molar-refractivity contribution in [1.29, 1.82) is 5.26 Å². The van der Waals surface area contributed by atoms with Gasteiger partial charge >= 0.3 is 0 Å². The minimum absolute atomic E-state index is 0.0762. The quantitative estimate of drug-likeness (QED) is 0.760. The molecule has 0 unspecified atom stereocenters. The minimum atomic E-state index is 0.0762. The van der Waals surface area contributed by atoms with E-state index in [1.807, 2.05) is 4.90 Å². The standard InChI is InChI=1S/C15H18N2O/c1-15(2)8-3-9-17(11-15)14(18)13-6-4-12(10-16)5-7-13/h4-7H,3,8-9,11H2,1-2H3. The fraction of sp³-hybridized carbons (Fsp3) is 0.467. The number of piperidine rings is 1. The highest BCUT2D eigenvalue weighted by molar-refractivity contribution is 5.94. The zero-order valence-corrected chi connectivity index (χ0v) is 10.9. The molecular weight excluding hydrogens is 224 g/mol. The Kier molecular flexibility index (Phi) is 3.38. The molecule has 0 radical (unpaired) electrons. The third-order valence-corrected chi connectivity index (χ3v) is 3.45. The molecule has 18 heavy (non-hydrogen) atoms. The van der Waals surface area contributed by atoms with E-state index in [1.54, 1.807) is 24.3 Å². The van der Waals surface area contributed by atoms with Crippen LogP contribution in [0.2, 0.25) is 0 Å². The average Bonchev–Trinajstić information content (AvgIpc) is 2.37. The van der Waals surface area contributed by atoms with Crippen LogP contribution < -0.4 is 0 Å². The number of nitriles is 1. The molecule has 1 aromatic rings. The summed E-state index contributed by atoms with van der Waals surface area (Å²) < 4.78 is 0. The molecule has 2 rings (SSSR count). The van der Waals surface area contributed by atoms with E-state index < -0.39 is 0 Å². The number of likely N-dealkylation sites (tertiary alicyclic amines) is 1. The molecule has 1 aromatic carbocycles. The molecule has 0 aromatic heterocycles. The summed E-state index contributed by atoms with van der Waals surface area (Å²) in [6.45, 7) is 6.05. The lowest BCUT2D eigenvalue weighted by atomic mass is 9.84. The first-order chi connectivity index (χ1) is 8.52. The van der Waals surface area contributed by atoms with E-state index in [-0.39, 0.29) is 11.3 Å². The van der Waals surface area contributed by atoms with Crippen LogP contribution in [0.15, 0.2) is 24.3 Å². The number of hydrogen-bond acceptors (Lipinski definition) is 2. The van der Waals surface area contributed by atoms with Gasteiger partial charge in [-0.1, -0.05) is 13.8 Å². The molecule has 0 atom stereocenters. The van der Waals surface area contributed by atoms with E-state index in [1.165, 1.54) is 6.42 Å². The molecule has 3 nitrogen and oxygen atoms in total. The summed E-state index contributed by atoms with van der Waals surface area (Å²) in [7, 11) is 0. The Morgan fingerprint density at radius 1 is 1.33 bits per heavy atom. The summed E-state index contributed by atoms with van der Waals surface area (Å²) in [5, 5.41) is 8.74. The molecule has 94 valence electrons. The van der Waals surface area contributed by atoms with E-state index in [4.69, 9.17) is 5.26 Å². The molecule has 1 heterocycles. The Balaban J connectivity index is 2.13. The molecule has 0 saturated carbocycles. The van der Waals surface area contributed by atoms with Gasteiger partial charge in [-0.05, 0) is 42.5 Å². The highest BCUT2D eigenvalue weighted by atomic mass is 16.2. The fourth-order valence-corrected chi connectivity index (χ4v) is 2.47. The van der Waals surface area contributed by atoms with Crippen molar-refractivity contribution in [3.8, 4) is 6.07 Å². The van der Waals surface area contributed by atoms with Crippen LogP contribution in [0, 0.1) is 16.7 Å². The first-order valence-corrected chi connectivity index (χ1v) is 6.31. The van der Waals surface area contributed by atoms with Gasteiger partial charge in [-0.3, -0.25) is 4.79 Å². The summed E-state index contributed by atoms with van der Waals surface area (Å²) in [6.07, 6.45) is 2.24. The Morgan fingerprint density at radius 3 is 2.56 bits per heavy atom. The van der Waals surface area contributed by atoms with E-state index in [0.29, 0.717) is 11.1 Å². The molecule has 1 amide bonds. The van der Waals surface area contributed by atoms with Gasteiger partial charge < -0.3 is 4.90 Å². The monoisotopic (exact) mass is 242 g/mol. The van der Waals surface area contributed by atoms with Gasteiger partial charge in [0, 0.05) is 18.7 Å². The Morgan fingerprint density at radius 2 is 2.00 bits per heavy atom. The molecule has 0 N–H and O–H groups in total. The largest absolute Gasteiger partial charge is 0.338 e. The third-order valence-electron chi connectivity index (χ3n) is 3.45. The van der Waals surface area contributed by atoms with Gasteiger partial charge in [0.15, 0.2) is 0 Å². The van der Waals surface area contributed by atoms with Gasteiger partial charge in [0.05, 0.1) is 11.6 Å². The molecule has 1 saturated heterocycles.